The van der Waals surface area contributed by atoms with Crippen LogP contribution >= 0.6 is 0 Å². The van der Waals surface area contributed by atoms with Crippen molar-refractivity contribution < 1.29 is 4.68 Å². The van der Waals surface area contributed by atoms with Gasteiger partial charge in [-0.1, -0.05) is 152 Å². The van der Waals surface area contributed by atoms with Crippen molar-refractivity contribution in [2.24, 2.45) is 7.05 Å². The summed E-state index contributed by atoms with van der Waals surface area (Å²) < 4.78 is 4.21. The van der Waals surface area contributed by atoms with Gasteiger partial charge in [0.15, 0.2) is 17.9 Å². The Labute approximate surface area is 248 Å². The van der Waals surface area contributed by atoms with E-state index in [1.54, 1.807) is 0 Å². The molecule has 0 bridgehead atoms. The van der Waals surface area contributed by atoms with Crippen molar-refractivity contribution in [2.45, 2.75) is 23.8 Å². The molecule has 0 spiro atoms. The molecule has 3 heteroatoms. The molecule has 0 saturated heterocycles. The SMILES string of the molecule is Cn1n[n+](C2C=CC=C2C(c2ccccc2)c2ccccc2)cc1C1C=CC=C1C(c1ccccc1)c1ccccc1. The molecule has 0 fully saturated rings. The summed E-state index contributed by atoms with van der Waals surface area (Å²) in [6.45, 7) is 0. The predicted octanol–water partition coefficient (Wildman–Crippen LogP) is 7.99. The van der Waals surface area contributed by atoms with Gasteiger partial charge in [0, 0.05) is 11.8 Å². The third-order valence-electron chi connectivity index (χ3n) is 8.55. The van der Waals surface area contributed by atoms with Gasteiger partial charge in [0.1, 0.15) is 7.05 Å². The van der Waals surface area contributed by atoms with Crippen LogP contribution < -0.4 is 4.68 Å². The summed E-state index contributed by atoms with van der Waals surface area (Å²) in [5.41, 5.74) is 9.06. The third kappa shape index (κ3) is 4.88. The molecule has 2 aliphatic carbocycles. The van der Waals surface area contributed by atoms with Gasteiger partial charge in [0.2, 0.25) is 0 Å². The quantitative estimate of drug-likeness (QED) is 0.182. The molecular formula is C39H34N3+. The molecule has 0 radical (unpaired) electrons. The molecule has 0 saturated carbocycles. The monoisotopic (exact) mass is 544 g/mol. The normalized spacial score (nSPS) is 17.7. The van der Waals surface area contributed by atoms with Crippen molar-refractivity contribution in [1.82, 2.24) is 9.90 Å². The summed E-state index contributed by atoms with van der Waals surface area (Å²) in [7, 11) is 2.07. The maximum atomic E-state index is 5.08. The zero-order valence-corrected chi connectivity index (χ0v) is 23.7. The first-order valence-corrected chi connectivity index (χ1v) is 14.7. The maximum absolute atomic E-state index is 5.08. The Hall–Kier alpha value is -5.02. The van der Waals surface area contributed by atoms with Crippen molar-refractivity contribution in [1.29, 1.82) is 0 Å². The van der Waals surface area contributed by atoms with Crippen molar-refractivity contribution in [2.75, 3.05) is 0 Å². The molecule has 2 atom stereocenters. The Morgan fingerprint density at radius 3 is 1.50 bits per heavy atom. The van der Waals surface area contributed by atoms with E-state index in [1.807, 2.05) is 0 Å². The molecule has 7 rings (SSSR count). The van der Waals surface area contributed by atoms with E-state index in [4.69, 9.17) is 5.21 Å². The summed E-state index contributed by atoms with van der Waals surface area (Å²) >= 11 is 0. The topological polar surface area (TPSA) is 21.7 Å². The number of rotatable bonds is 8. The molecule has 4 aromatic carbocycles. The van der Waals surface area contributed by atoms with Crippen LogP contribution in [0.25, 0.3) is 0 Å². The lowest BCUT2D eigenvalue weighted by Crippen LogP contribution is -2.42. The van der Waals surface area contributed by atoms with E-state index in [9.17, 15) is 0 Å². The highest BCUT2D eigenvalue weighted by Gasteiger charge is 2.36. The fraction of sp³-hybridized carbons (Fsp3) is 0.128. The summed E-state index contributed by atoms with van der Waals surface area (Å²) in [5.74, 6) is 0.442. The van der Waals surface area contributed by atoms with Gasteiger partial charge in [-0.3, -0.25) is 0 Å². The molecule has 0 amide bonds. The first kappa shape index (κ1) is 25.9. The molecule has 2 unspecified atom stereocenters. The lowest BCUT2D eigenvalue weighted by Gasteiger charge is -2.24. The van der Waals surface area contributed by atoms with Gasteiger partial charge in [-0.2, -0.15) is 0 Å². The number of nitrogens with zero attached hydrogens (tertiary/aromatic N) is 3. The minimum absolute atomic E-state index is 0.0345. The minimum atomic E-state index is 0.0345. The summed E-state index contributed by atoms with van der Waals surface area (Å²) in [5, 5.41) is 5.08. The van der Waals surface area contributed by atoms with Crippen LogP contribution in [0.3, 0.4) is 0 Å². The molecule has 42 heavy (non-hydrogen) atoms. The van der Waals surface area contributed by atoms with E-state index in [0.29, 0.717) is 0 Å². The second kappa shape index (κ2) is 11.5. The second-order valence-electron chi connectivity index (χ2n) is 11.1. The summed E-state index contributed by atoms with van der Waals surface area (Å²) in [4.78, 5) is 0. The predicted molar refractivity (Wildman–Crippen MR) is 169 cm³/mol. The van der Waals surface area contributed by atoms with Gasteiger partial charge in [-0.15, -0.1) is 9.36 Å². The molecule has 1 heterocycles. The second-order valence-corrected chi connectivity index (χ2v) is 11.1. The highest BCUT2D eigenvalue weighted by atomic mass is 15.5. The Bertz CT molecular complexity index is 1700. The average Bonchev–Trinajstić information content (AvgIpc) is 3.80. The van der Waals surface area contributed by atoms with Crippen LogP contribution in [0.15, 0.2) is 175 Å². The van der Waals surface area contributed by atoms with Gasteiger partial charge >= 0.3 is 0 Å². The van der Waals surface area contributed by atoms with Crippen molar-refractivity contribution in [3.05, 3.63) is 203 Å². The van der Waals surface area contributed by atoms with Crippen LogP contribution in [0.5, 0.6) is 0 Å². The molecule has 1 aromatic heterocycles. The third-order valence-corrected chi connectivity index (χ3v) is 8.55. The Balaban J connectivity index is 1.25. The van der Waals surface area contributed by atoms with Gasteiger partial charge in [0.05, 0.1) is 11.1 Å². The Morgan fingerprint density at radius 2 is 1.00 bits per heavy atom. The molecule has 0 aliphatic heterocycles. The molecule has 0 N–H and O–H groups in total. The largest absolute Gasteiger partial charge is 0.178 e. The van der Waals surface area contributed by atoms with Gasteiger partial charge < -0.3 is 0 Å². The number of benzene rings is 4. The number of hydrogen-bond acceptors (Lipinski definition) is 1. The van der Waals surface area contributed by atoms with Crippen LogP contribution in [0.4, 0.5) is 0 Å². The van der Waals surface area contributed by atoms with E-state index in [1.165, 1.54) is 39.1 Å². The number of allylic oxidation sites excluding steroid dienone is 8. The smallest absolute Gasteiger partial charge is 0.136 e. The van der Waals surface area contributed by atoms with Gasteiger partial charge in [0.25, 0.3) is 0 Å². The number of hydrogen-bond donors (Lipinski definition) is 0. The van der Waals surface area contributed by atoms with E-state index < -0.39 is 0 Å². The average molecular weight is 545 g/mol. The maximum Gasteiger partial charge on any atom is 0.178 e. The molecule has 204 valence electrons. The molecule has 5 aromatic rings. The molecule has 2 aliphatic rings. The van der Waals surface area contributed by atoms with Crippen LogP contribution in [-0.2, 0) is 7.05 Å². The van der Waals surface area contributed by atoms with Crippen molar-refractivity contribution >= 4 is 0 Å². The molecular weight excluding hydrogens is 510 g/mol. The van der Waals surface area contributed by atoms with E-state index >= 15 is 0 Å². The first-order chi connectivity index (χ1) is 20.8. The van der Waals surface area contributed by atoms with Crippen LogP contribution in [0.1, 0.15) is 51.7 Å². The number of aryl methyl sites for hydroxylation is 1. The minimum Gasteiger partial charge on any atom is -0.136 e. The first-order valence-electron chi connectivity index (χ1n) is 14.7. The Kier molecular flexibility index (Phi) is 7.07. The zero-order valence-electron chi connectivity index (χ0n) is 23.7. The Morgan fingerprint density at radius 1 is 0.571 bits per heavy atom. The number of aromatic nitrogens is 3. The summed E-state index contributed by atoms with van der Waals surface area (Å²) in [6, 6.07) is 43.3. The van der Waals surface area contributed by atoms with Crippen LogP contribution in [0, 0.1) is 0 Å². The van der Waals surface area contributed by atoms with Crippen LogP contribution in [0.2, 0.25) is 0 Å². The fourth-order valence-corrected chi connectivity index (χ4v) is 6.63. The fourth-order valence-electron chi connectivity index (χ4n) is 6.63. The van der Waals surface area contributed by atoms with E-state index in [-0.39, 0.29) is 23.8 Å². The van der Waals surface area contributed by atoms with E-state index in [2.05, 4.69) is 180 Å². The highest BCUT2D eigenvalue weighted by molar-refractivity contribution is 5.50. The van der Waals surface area contributed by atoms with Gasteiger partial charge in [-0.05, 0) is 39.5 Å². The summed E-state index contributed by atoms with van der Waals surface area (Å²) in [6.07, 6.45) is 15.8. The van der Waals surface area contributed by atoms with Crippen LogP contribution in [-0.4, -0.2) is 9.90 Å². The zero-order chi connectivity index (χ0) is 28.3. The lowest BCUT2D eigenvalue weighted by molar-refractivity contribution is -0.761. The van der Waals surface area contributed by atoms with Crippen molar-refractivity contribution in [3.63, 3.8) is 0 Å². The van der Waals surface area contributed by atoms with Crippen molar-refractivity contribution in [3.8, 4) is 0 Å². The lowest BCUT2D eigenvalue weighted by atomic mass is 9.79. The highest BCUT2D eigenvalue weighted by Crippen LogP contribution is 2.43. The molecule has 3 nitrogen and oxygen atoms in total. The van der Waals surface area contributed by atoms with Gasteiger partial charge in [-0.25, -0.2) is 0 Å². The van der Waals surface area contributed by atoms with E-state index in [0.717, 1.165) is 0 Å². The standard InChI is InChI=1S/C39H34N3/c1-41-37(33-24-14-25-34(33)38(29-16-6-2-7-17-29)30-18-8-3-9-19-30)28-42(40-41)36-27-15-26-35(36)39(31-20-10-4-11-21-31)32-22-12-5-13-23-32/h2-28,33,36,38-39H,1H3/q+1.